The summed E-state index contributed by atoms with van der Waals surface area (Å²) in [6.45, 7) is 4.15. The molecule has 1 atom stereocenters. The van der Waals surface area contributed by atoms with E-state index in [0.717, 1.165) is 6.42 Å². The maximum absolute atomic E-state index is 11.4. The number of aliphatic imine (C=N–C) groups is 2. The molecular formula is C9H16N4O. The normalized spacial score (nSPS) is 21.2. The molecule has 0 aromatic carbocycles. The van der Waals surface area contributed by atoms with Gasteiger partial charge in [-0.25, -0.2) is 4.99 Å². The fourth-order valence-corrected chi connectivity index (χ4v) is 1.54. The van der Waals surface area contributed by atoms with Crippen LogP contribution in [-0.2, 0) is 4.79 Å². The molecule has 4 N–H and O–H groups in total. The molecule has 0 spiro atoms. The predicted octanol–water partition coefficient (Wildman–Crippen LogP) is 0.251. The molecule has 0 aliphatic carbocycles. The lowest BCUT2D eigenvalue weighted by molar-refractivity contribution is -0.121. The van der Waals surface area contributed by atoms with E-state index in [1.807, 2.05) is 0 Å². The van der Waals surface area contributed by atoms with E-state index in [2.05, 4.69) is 23.8 Å². The molecule has 14 heavy (non-hydrogen) atoms. The van der Waals surface area contributed by atoms with Crippen molar-refractivity contribution in [1.82, 2.24) is 0 Å². The Morgan fingerprint density at radius 1 is 1.64 bits per heavy atom. The van der Waals surface area contributed by atoms with E-state index in [0.29, 0.717) is 18.2 Å². The summed E-state index contributed by atoms with van der Waals surface area (Å²) in [6, 6.07) is 0. The van der Waals surface area contributed by atoms with Crippen molar-refractivity contribution in [2.75, 3.05) is 0 Å². The number of hydrogen-bond acceptors (Lipinski definition) is 2. The Morgan fingerprint density at radius 2 is 2.29 bits per heavy atom. The molecule has 0 saturated heterocycles. The summed E-state index contributed by atoms with van der Waals surface area (Å²) in [4.78, 5) is 18.9. The summed E-state index contributed by atoms with van der Waals surface area (Å²) in [7, 11) is 0. The number of hydrogen-bond donors (Lipinski definition) is 2. The van der Waals surface area contributed by atoms with Gasteiger partial charge in [0.1, 0.15) is 5.84 Å². The minimum atomic E-state index is -0.0984. The van der Waals surface area contributed by atoms with Gasteiger partial charge in [-0.3, -0.25) is 4.79 Å². The van der Waals surface area contributed by atoms with Gasteiger partial charge in [0.2, 0.25) is 0 Å². The Hall–Kier alpha value is -1.39. The van der Waals surface area contributed by atoms with E-state index in [9.17, 15) is 4.79 Å². The molecule has 1 rings (SSSR count). The molecule has 5 heteroatoms. The van der Waals surface area contributed by atoms with Crippen LogP contribution >= 0.6 is 0 Å². The molecule has 1 amide bonds. The quantitative estimate of drug-likeness (QED) is 0.489. The molecule has 0 aromatic heterocycles. The number of guanidine groups is 1. The Labute approximate surface area is 83.3 Å². The van der Waals surface area contributed by atoms with E-state index in [-0.39, 0.29) is 17.8 Å². The fourth-order valence-electron chi connectivity index (χ4n) is 1.54. The maximum Gasteiger partial charge on any atom is 0.250 e. The molecule has 0 fully saturated rings. The Kier molecular flexibility index (Phi) is 3.22. The van der Waals surface area contributed by atoms with Crippen LogP contribution in [0.2, 0.25) is 0 Å². The van der Waals surface area contributed by atoms with Gasteiger partial charge >= 0.3 is 0 Å². The van der Waals surface area contributed by atoms with Crippen LogP contribution in [0.3, 0.4) is 0 Å². The fraction of sp³-hybridized carbons (Fsp3) is 0.667. The third-order valence-corrected chi connectivity index (χ3v) is 2.03. The van der Waals surface area contributed by atoms with Crippen molar-refractivity contribution in [3.63, 3.8) is 0 Å². The van der Waals surface area contributed by atoms with E-state index in [1.54, 1.807) is 0 Å². The monoisotopic (exact) mass is 196 g/mol. The molecule has 5 nitrogen and oxygen atoms in total. The SMILES string of the molecule is CC(C)C[C@@H]1CC(N=C(N)N)=NC1=O. The van der Waals surface area contributed by atoms with Crippen molar-refractivity contribution in [2.45, 2.75) is 26.7 Å². The molecular weight excluding hydrogens is 180 g/mol. The summed E-state index contributed by atoms with van der Waals surface area (Å²) in [5.41, 5.74) is 10.4. The van der Waals surface area contributed by atoms with Crippen molar-refractivity contribution in [2.24, 2.45) is 33.3 Å². The van der Waals surface area contributed by atoms with Crippen molar-refractivity contribution >= 4 is 17.7 Å². The minimum absolute atomic E-state index is 0.0342. The van der Waals surface area contributed by atoms with Crippen LogP contribution in [0.4, 0.5) is 0 Å². The van der Waals surface area contributed by atoms with E-state index >= 15 is 0 Å². The third-order valence-electron chi connectivity index (χ3n) is 2.03. The molecule has 0 unspecified atom stereocenters. The van der Waals surface area contributed by atoms with Crippen LogP contribution in [-0.4, -0.2) is 17.7 Å². The number of rotatable bonds is 2. The van der Waals surface area contributed by atoms with Crippen LogP contribution in [0.25, 0.3) is 0 Å². The predicted molar refractivity (Wildman–Crippen MR) is 55.8 cm³/mol. The van der Waals surface area contributed by atoms with Crippen LogP contribution in [0, 0.1) is 11.8 Å². The number of amidine groups is 1. The lowest BCUT2D eigenvalue weighted by Gasteiger charge is -2.08. The van der Waals surface area contributed by atoms with Crippen LogP contribution in [0.1, 0.15) is 26.7 Å². The highest BCUT2D eigenvalue weighted by Gasteiger charge is 2.27. The molecule has 1 heterocycles. The Bertz CT molecular complexity index is 289. The second-order valence-electron chi connectivity index (χ2n) is 3.93. The third kappa shape index (κ3) is 2.83. The zero-order chi connectivity index (χ0) is 10.7. The van der Waals surface area contributed by atoms with Crippen molar-refractivity contribution < 1.29 is 4.79 Å². The molecule has 78 valence electrons. The summed E-state index contributed by atoms with van der Waals surface area (Å²) in [6.07, 6.45) is 1.40. The average molecular weight is 196 g/mol. The van der Waals surface area contributed by atoms with Gasteiger partial charge in [-0.05, 0) is 12.3 Å². The maximum atomic E-state index is 11.4. The van der Waals surface area contributed by atoms with Crippen LogP contribution < -0.4 is 11.5 Å². The van der Waals surface area contributed by atoms with Gasteiger partial charge < -0.3 is 11.5 Å². The summed E-state index contributed by atoms with van der Waals surface area (Å²) >= 11 is 0. The van der Waals surface area contributed by atoms with E-state index < -0.39 is 0 Å². The average Bonchev–Trinajstić information content (AvgIpc) is 2.28. The number of carbonyl (C=O) groups is 1. The molecule has 0 aromatic rings. The second-order valence-corrected chi connectivity index (χ2v) is 3.93. The van der Waals surface area contributed by atoms with Crippen molar-refractivity contribution in [1.29, 1.82) is 0 Å². The Balaban J connectivity index is 2.60. The molecule has 1 aliphatic rings. The highest BCUT2D eigenvalue weighted by molar-refractivity contribution is 6.06. The van der Waals surface area contributed by atoms with Crippen molar-refractivity contribution in [3.8, 4) is 0 Å². The number of nitrogens with zero attached hydrogens (tertiary/aromatic N) is 2. The number of carbonyl (C=O) groups excluding carboxylic acids is 1. The molecule has 0 saturated carbocycles. The van der Waals surface area contributed by atoms with Gasteiger partial charge in [0.15, 0.2) is 5.96 Å². The zero-order valence-electron chi connectivity index (χ0n) is 8.53. The van der Waals surface area contributed by atoms with E-state index in [4.69, 9.17) is 11.5 Å². The summed E-state index contributed by atoms with van der Waals surface area (Å²) in [5, 5.41) is 0. The molecule has 1 aliphatic heterocycles. The second kappa shape index (κ2) is 4.21. The zero-order valence-corrected chi connectivity index (χ0v) is 8.53. The highest BCUT2D eigenvalue weighted by Crippen LogP contribution is 2.23. The largest absolute Gasteiger partial charge is 0.370 e. The number of amides is 1. The van der Waals surface area contributed by atoms with Gasteiger partial charge in [0.25, 0.3) is 5.91 Å². The lowest BCUT2D eigenvalue weighted by atomic mass is 9.95. The topological polar surface area (TPSA) is 93.8 Å². The van der Waals surface area contributed by atoms with Crippen LogP contribution in [0.15, 0.2) is 9.98 Å². The molecule has 0 radical (unpaired) electrons. The van der Waals surface area contributed by atoms with Gasteiger partial charge in [-0.1, -0.05) is 13.8 Å². The number of nitrogens with two attached hydrogens (primary N) is 2. The highest BCUT2D eigenvalue weighted by atomic mass is 16.1. The standard InChI is InChI=1S/C9H16N4O/c1-5(2)3-6-4-7(12-8(6)14)13-9(10)11/h5-6H,3-4H2,1-2H3,(H4,10,11,12,13,14)/t6-/m1/s1. The first-order valence-corrected chi connectivity index (χ1v) is 4.70. The summed E-state index contributed by atoms with van der Waals surface area (Å²) in [5.74, 6) is 0.770. The smallest absolute Gasteiger partial charge is 0.250 e. The van der Waals surface area contributed by atoms with Gasteiger partial charge in [-0.15, -0.1) is 0 Å². The molecule has 0 bridgehead atoms. The van der Waals surface area contributed by atoms with Crippen molar-refractivity contribution in [3.05, 3.63) is 0 Å². The first-order chi connectivity index (χ1) is 6.49. The Morgan fingerprint density at radius 3 is 2.79 bits per heavy atom. The first-order valence-electron chi connectivity index (χ1n) is 4.70. The van der Waals surface area contributed by atoms with Gasteiger partial charge in [-0.2, -0.15) is 4.99 Å². The lowest BCUT2D eigenvalue weighted by Crippen LogP contribution is -2.24. The first kappa shape index (κ1) is 10.7. The van der Waals surface area contributed by atoms with Crippen LogP contribution in [0.5, 0.6) is 0 Å². The van der Waals surface area contributed by atoms with Gasteiger partial charge in [0.05, 0.1) is 0 Å². The summed E-state index contributed by atoms with van der Waals surface area (Å²) < 4.78 is 0. The van der Waals surface area contributed by atoms with Gasteiger partial charge in [0, 0.05) is 12.3 Å². The van der Waals surface area contributed by atoms with E-state index in [1.165, 1.54) is 0 Å². The minimum Gasteiger partial charge on any atom is -0.370 e.